The number of rotatable bonds is 9. The van der Waals surface area contributed by atoms with E-state index >= 15 is 0 Å². The van der Waals surface area contributed by atoms with Gasteiger partial charge in [0, 0.05) is 31.0 Å². The molecule has 0 radical (unpaired) electrons. The number of nitrogens with one attached hydrogen (secondary N) is 2. The first kappa shape index (κ1) is 20.4. The van der Waals surface area contributed by atoms with Crippen LogP contribution < -0.4 is 15.5 Å². The monoisotopic (exact) mass is 383 g/mol. The Morgan fingerprint density at radius 1 is 1.04 bits per heavy atom. The number of carbonyl (C=O) groups excluding carboxylic acids is 2. The van der Waals surface area contributed by atoms with Gasteiger partial charge in [-0.15, -0.1) is 0 Å². The van der Waals surface area contributed by atoms with Crippen LogP contribution in [0.3, 0.4) is 0 Å². The number of carbonyl (C=O) groups is 2. The third-order valence-electron chi connectivity index (χ3n) is 5.99. The summed E-state index contributed by atoms with van der Waals surface area (Å²) in [5.41, 5.74) is 2.44. The molecule has 1 aromatic rings. The van der Waals surface area contributed by atoms with Gasteiger partial charge >= 0.3 is 0 Å². The van der Waals surface area contributed by atoms with E-state index < -0.39 is 5.41 Å². The highest BCUT2D eigenvalue weighted by atomic mass is 16.2. The minimum atomic E-state index is -0.876. The normalized spacial score (nSPS) is 17.4. The molecule has 1 aromatic carbocycles. The summed E-state index contributed by atoms with van der Waals surface area (Å²) >= 11 is 0. The number of nitrogens with zero attached hydrogens (tertiary/aromatic N) is 1. The van der Waals surface area contributed by atoms with Gasteiger partial charge in [-0.25, -0.2) is 0 Å². The number of amides is 2. The highest BCUT2D eigenvalue weighted by Crippen LogP contribution is 2.46. The molecule has 0 atom stereocenters. The van der Waals surface area contributed by atoms with E-state index in [-0.39, 0.29) is 11.8 Å². The quantitative estimate of drug-likeness (QED) is 0.495. The molecule has 2 aliphatic rings. The number of benzene rings is 1. The molecule has 0 bridgehead atoms. The van der Waals surface area contributed by atoms with Crippen molar-refractivity contribution in [2.24, 2.45) is 5.41 Å². The van der Waals surface area contributed by atoms with Crippen molar-refractivity contribution in [3.63, 3.8) is 0 Å². The molecule has 3 rings (SSSR count). The van der Waals surface area contributed by atoms with Gasteiger partial charge in [0.15, 0.2) is 0 Å². The minimum Gasteiger partial charge on any atom is -0.372 e. The van der Waals surface area contributed by atoms with Crippen molar-refractivity contribution < 1.29 is 9.59 Å². The van der Waals surface area contributed by atoms with Crippen LogP contribution in [0.5, 0.6) is 0 Å². The van der Waals surface area contributed by atoms with E-state index in [0.29, 0.717) is 19.4 Å². The van der Waals surface area contributed by atoms with Crippen molar-refractivity contribution in [1.29, 1.82) is 0 Å². The number of hydrogen-bond donors (Lipinski definition) is 2. The summed E-state index contributed by atoms with van der Waals surface area (Å²) in [4.78, 5) is 27.6. The molecule has 28 heavy (non-hydrogen) atoms. The van der Waals surface area contributed by atoms with Crippen LogP contribution in [-0.2, 0) is 9.59 Å². The Labute approximate surface area is 168 Å². The predicted octanol–water partition coefficient (Wildman–Crippen LogP) is 4.26. The highest BCUT2D eigenvalue weighted by molar-refractivity contribution is 6.13. The Hall–Kier alpha value is -2.30. The summed E-state index contributed by atoms with van der Waals surface area (Å²) in [6, 6.07) is 7.85. The van der Waals surface area contributed by atoms with Crippen LogP contribution in [0.1, 0.15) is 58.8 Å². The van der Waals surface area contributed by atoms with Gasteiger partial charge in [-0.1, -0.05) is 11.6 Å². The van der Waals surface area contributed by atoms with Crippen molar-refractivity contribution in [3.05, 3.63) is 35.9 Å². The molecule has 0 unspecified atom stereocenters. The van der Waals surface area contributed by atoms with Crippen LogP contribution in [0, 0.1) is 5.41 Å². The number of anilines is 2. The lowest BCUT2D eigenvalue weighted by Crippen LogP contribution is -2.40. The van der Waals surface area contributed by atoms with Crippen LogP contribution in [0.25, 0.3) is 0 Å². The first-order chi connectivity index (χ1) is 13.6. The Morgan fingerprint density at radius 2 is 1.75 bits per heavy atom. The van der Waals surface area contributed by atoms with Gasteiger partial charge in [0.1, 0.15) is 5.41 Å². The van der Waals surface area contributed by atoms with Crippen LogP contribution >= 0.6 is 0 Å². The van der Waals surface area contributed by atoms with Gasteiger partial charge in [0.25, 0.3) is 0 Å². The Balaban J connectivity index is 1.51. The summed E-state index contributed by atoms with van der Waals surface area (Å²) < 4.78 is 0. The Bertz CT molecular complexity index is 716. The Morgan fingerprint density at radius 3 is 2.32 bits per heavy atom. The smallest absolute Gasteiger partial charge is 0.240 e. The summed E-state index contributed by atoms with van der Waals surface area (Å²) in [6.07, 6.45) is 9.28. The second-order valence-corrected chi connectivity index (χ2v) is 7.87. The average Bonchev–Trinajstić information content (AvgIpc) is 3.53. The van der Waals surface area contributed by atoms with Gasteiger partial charge in [0.2, 0.25) is 11.8 Å². The van der Waals surface area contributed by atoms with E-state index in [2.05, 4.69) is 35.5 Å². The Kier molecular flexibility index (Phi) is 6.76. The number of allylic oxidation sites excluding steroid dienone is 1. The van der Waals surface area contributed by atoms with Crippen molar-refractivity contribution in [2.45, 2.75) is 58.8 Å². The maximum absolute atomic E-state index is 12.7. The third kappa shape index (κ3) is 4.75. The second-order valence-electron chi connectivity index (χ2n) is 7.87. The van der Waals surface area contributed by atoms with E-state index in [0.717, 1.165) is 43.7 Å². The summed E-state index contributed by atoms with van der Waals surface area (Å²) in [5.74, 6) is -0.307. The first-order valence-corrected chi connectivity index (χ1v) is 10.7. The highest BCUT2D eigenvalue weighted by Gasteiger charge is 2.56. The summed E-state index contributed by atoms with van der Waals surface area (Å²) in [5, 5.41) is 5.93. The fraction of sp³-hybridized carbons (Fsp3) is 0.565. The van der Waals surface area contributed by atoms with Crippen LogP contribution in [0.15, 0.2) is 35.9 Å². The van der Waals surface area contributed by atoms with E-state index in [1.54, 1.807) is 0 Å². The van der Waals surface area contributed by atoms with Crippen molar-refractivity contribution >= 4 is 23.2 Å². The van der Waals surface area contributed by atoms with Crippen molar-refractivity contribution in [3.8, 4) is 0 Å². The maximum atomic E-state index is 12.7. The number of hydrogen-bond acceptors (Lipinski definition) is 3. The van der Waals surface area contributed by atoms with Gasteiger partial charge in [-0.3, -0.25) is 9.59 Å². The van der Waals surface area contributed by atoms with Crippen LogP contribution in [0.4, 0.5) is 11.4 Å². The summed E-state index contributed by atoms with van der Waals surface area (Å²) in [7, 11) is 0. The third-order valence-corrected chi connectivity index (χ3v) is 5.99. The molecule has 0 aliphatic heterocycles. The fourth-order valence-electron chi connectivity index (χ4n) is 3.91. The molecule has 2 N–H and O–H groups in total. The molecule has 5 heteroatoms. The van der Waals surface area contributed by atoms with E-state index in [1.807, 2.05) is 24.3 Å². The predicted molar refractivity (Wildman–Crippen MR) is 114 cm³/mol. The second kappa shape index (κ2) is 9.26. The average molecular weight is 384 g/mol. The molecule has 2 amide bonds. The van der Waals surface area contributed by atoms with Gasteiger partial charge < -0.3 is 15.5 Å². The van der Waals surface area contributed by atoms with Gasteiger partial charge in [-0.05, 0) is 83.1 Å². The zero-order valence-corrected chi connectivity index (χ0v) is 17.2. The largest absolute Gasteiger partial charge is 0.372 e. The standard InChI is InChI=1S/C23H33N3O2/c1-3-26(4-2)20-12-10-19(11-13-20)25-22(28)23(15-16-23)21(27)24-17-14-18-8-6-5-7-9-18/h8,10-13H,3-7,9,14-17H2,1-2H3,(H,24,27)(H,25,28). The van der Waals surface area contributed by atoms with E-state index in [4.69, 9.17) is 0 Å². The fourth-order valence-corrected chi connectivity index (χ4v) is 3.91. The maximum Gasteiger partial charge on any atom is 0.240 e. The molecular weight excluding hydrogens is 350 g/mol. The molecule has 0 heterocycles. The van der Waals surface area contributed by atoms with Gasteiger partial charge in [0.05, 0.1) is 0 Å². The molecule has 2 aliphatic carbocycles. The zero-order valence-electron chi connectivity index (χ0n) is 17.2. The molecule has 0 saturated heterocycles. The minimum absolute atomic E-state index is 0.124. The van der Waals surface area contributed by atoms with E-state index in [1.165, 1.54) is 18.4 Å². The lowest BCUT2D eigenvalue weighted by atomic mass is 9.97. The van der Waals surface area contributed by atoms with Crippen molar-refractivity contribution in [1.82, 2.24) is 5.32 Å². The SMILES string of the molecule is CCN(CC)c1ccc(NC(=O)C2(C(=O)NCCC3=CCCCC3)CC2)cc1. The lowest BCUT2D eigenvalue weighted by molar-refractivity contribution is -0.134. The summed E-state index contributed by atoms with van der Waals surface area (Å²) in [6.45, 7) is 6.77. The molecule has 0 aromatic heterocycles. The first-order valence-electron chi connectivity index (χ1n) is 10.7. The van der Waals surface area contributed by atoms with Crippen molar-refractivity contribution in [2.75, 3.05) is 29.9 Å². The molecule has 1 fully saturated rings. The molecular formula is C23H33N3O2. The zero-order chi connectivity index (χ0) is 20.0. The van der Waals surface area contributed by atoms with Gasteiger partial charge in [-0.2, -0.15) is 0 Å². The van der Waals surface area contributed by atoms with E-state index in [9.17, 15) is 9.59 Å². The molecule has 0 spiro atoms. The van der Waals surface area contributed by atoms with Crippen LogP contribution in [-0.4, -0.2) is 31.4 Å². The molecule has 1 saturated carbocycles. The lowest BCUT2D eigenvalue weighted by Gasteiger charge is -2.21. The topological polar surface area (TPSA) is 61.4 Å². The molecule has 5 nitrogen and oxygen atoms in total. The molecule has 152 valence electrons. The van der Waals surface area contributed by atoms with Crippen LogP contribution in [0.2, 0.25) is 0 Å².